The van der Waals surface area contributed by atoms with E-state index in [0.29, 0.717) is 6.54 Å². The zero-order chi connectivity index (χ0) is 13.8. The molecule has 0 radical (unpaired) electrons. The van der Waals surface area contributed by atoms with E-state index in [-0.39, 0.29) is 11.6 Å². The second kappa shape index (κ2) is 5.62. The molecular formula is C13H16N4O2. The van der Waals surface area contributed by atoms with Crippen molar-refractivity contribution in [2.75, 3.05) is 6.54 Å². The molecule has 1 aromatic carbocycles. The maximum atomic E-state index is 10.7. The SMILES string of the molecule is CC(CCN)c1ncc(-c2cccc([N+](=O)[O-])c2)[nH]1. The highest BCUT2D eigenvalue weighted by molar-refractivity contribution is 5.62. The molecule has 0 aliphatic rings. The van der Waals surface area contributed by atoms with Crippen molar-refractivity contribution in [3.63, 3.8) is 0 Å². The largest absolute Gasteiger partial charge is 0.342 e. The Morgan fingerprint density at radius 1 is 1.53 bits per heavy atom. The maximum absolute atomic E-state index is 10.7. The molecule has 0 spiro atoms. The molecule has 0 aliphatic heterocycles. The van der Waals surface area contributed by atoms with E-state index in [9.17, 15) is 10.1 Å². The van der Waals surface area contributed by atoms with Crippen LogP contribution in [0.2, 0.25) is 0 Å². The van der Waals surface area contributed by atoms with Gasteiger partial charge in [-0.15, -0.1) is 0 Å². The molecule has 2 aromatic rings. The number of benzene rings is 1. The molecule has 1 atom stereocenters. The lowest BCUT2D eigenvalue weighted by Gasteiger charge is -2.05. The lowest BCUT2D eigenvalue weighted by atomic mass is 10.1. The van der Waals surface area contributed by atoms with Crippen LogP contribution in [0.5, 0.6) is 0 Å². The van der Waals surface area contributed by atoms with E-state index < -0.39 is 4.92 Å². The first-order valence-electron chi connectivity index (χ1n) is 6.11. The number of nitro groups is 1. The van der Waals surface area contributed by atoms with Gasteiger partial charge in [0.25, 0.3) is 5.69 Å². The highest BCUT2D eigenvalue weighted by Gasteiger charge is 2.12. The number of nitrogens with zero attached hydrogens (tertiary/aromatic N) is 2. The van der Waals surface area contributed by atoms with E-state index >= 15 is 0 Å². The van der Waals surface area contributed by atoms with E-state index in [4.69, 9.17) is 5.73 Å². The second-order valence-corrected chi connectivity index (χ2v) is 4.47. The van der Waals surface area contributed by atoms with Gasteiger partial charge in [-0.3, -0.25) is 10.1 Å². The maximum Gasteiger partial charge on any atom is 0.270 e. The van der Waals surface area contributed by atoms with Gasteiger partial charge in [0.05, 0.1) is 16.8 Å². The van der Waals surface area contributed by atoms with Crippen LogP contribution < -0.4 is 5.73 Å². The van der Waals surface area contributed by atoms with Gasteiger partial charge in [0.15, 0.2) is 0 Å². The molecule has 0 aliphatic carbocycles. The van der Waals surface area contributed by atoms with Crippen LogP contribution in [-0.2, 0) is 0 Å². The molecule has 0 bridgehead atoms. The first kappa shape index (κ1) is 13.2. The van der Waals surface area contributed by atoms with E-state index in [1.807, 2.05) is 13.0 Å². The number of aromatic amines is 1. The number of hydrogen-bond acceptors (Lipinski definition) is 4. The summed E-state index contributed by atoms with van der Waals surface area (Å²) >= 11 is 0. The summed E-state index contributed by atoms with van der Waals surface area (Å²) in [6.07, 6.45) is 2.54. The van der Waals surface area contributed by atoms with Crippen molar-refractivity contribution >= 4 is 5.69 Å². The van der Waals surface area contributed by atoms with Crippen molar-refractivity contribution in [2.45, 2.75) is 19.3 Å². The zero-order valence-electron chi connectivity index (χ0n) is 10.7. The van der Waals surface area contributed by atoms with E-state index in [1.165, 1.54) is 12.1 Å². The van der Waals surface area contributed by atoms with Crippen LogP contribution in [0.25, 0.3) is 11.3 Å². The molecule has 1 unspecified atom stereocenters. The summed E-state index contributed by atoms with van der Waals surface area (Å²) in [4.78, 5) is 17.8. The van der Waals surface area contributed by atoms with Crippen molar-refractivity contribution in [1.29, 1.82) is 0 Å². The monoisotopic (exact) mass is 260 g/mol. The van der Waals surface area contributed by atoms with E-state index in [0.717, 1.165) is 23.5 Å². The van der Waals surface area contributed by atoms with Crippen molar-refractivity contribution < 1.29 is 4.92 Å². The highest BCUT2D eigenvalue weighted by Crippen LogP contribution is 2.24. The van der Waals surface area contributed by atoms with Gasteiger partial charge in [0.1, 0.15) is 5.82 Å². The third-order valence-electron chi connectivity index (χ3n) is 3.03. The van der Waals surface area contributed by atoms with Gasteiger partial charge < -0.3 is 10.7 Å². The van der Waals surface area contributed by atoms with Gasteiger partial charge in [0.2, 0.25) is 0 Å². The summed E-state index contributed by atoms with van der Waals surface area (Å²) < 4.78 is 0. The fourth-order valence-corrected chi connectivity index (χ4v) is 1.91. The number of nitro benzene ring substituents is 1. The highest BCUT2D eigenvalue weighted by atomic mass is 16.6. The summed E-state index contributed by atoms with van der Waals surface area (Å²) in [6.45, 7) is 2.65. The van der Waals surface area contributed by atoms with E-state index in [2.05, 4.69) is 9.97 Å². The summed E-state index contributed by atoms with van der Waals surface area (Å²) in [6, 6.07) is 6.48. The van der Waals surface area contributed by atoms with Gasteiger partial charge in [0, 0.05) is 23.6 Å². The van der Waals surface area contributed by atoms with E-state index in [1.54, 1.807) is 12.3 Å². The summed E-state index contributed by atoms with van der Waals surface area (Å²) in [5, 5.41) is 10.7. The lowest BCUT2D eigenvalue weighted by molar-refractivity contribution is -0.384. The van der Waals surface area contributed by atoms with Gasteiger partial charge in [-0.25, -0.2) is 4.98 Å². The average molecular weight is 260 g/mol. The molecule has 6 heteroatoms. The Kier molecular flexibility index (Phi) is 3.91. The summed E-state index contributed by atoms with van der Waals surface area (Å²) in [7, 11) is 0. The van der Waals surface area contributed by atoms with Crippen LogP contribution in [0.4, 0.5) is 5.69 Å². The standard InChI is InChI=1S/C13H16N4O2/c1-9(5-6-14)13-15-8-12(16-13)10-3-2-4-11(7-10)17(18)19/h2-4,7-9H,5-6,14H2,1H3,(H,15,16). The van der Waals surface area contributed by atoms with Crippen molar-refractivity contribution in [3.05, 3.63) is 46.4 Å². The third-order valence-corrected chi connectivity index (χ3v) is 3.03. The van der Waals surface area contributed by atoms with Gasteiger partial charge >= 0.3 is 0 Å². The quantitative estimate of drug-likeness (QED) is 0.637. The molecule has 6 nitrogen and oxygen atoms in total. The van der Waals surface area contributed by atoms with Gasteiger partial charge in [-0.1, -0.05) is 19.1 Å². The molecule has 100 valence electrons. The Bertz CT molecular complexity index is 580. The minimum atomic E-state index is -0.405. The smallest absolute Gasteiger partial charge is 0.270 e. The van der Waals surface area contributed by atoms with Crippen LogP contribution in [-0.4, -0.2) is 21.4 Å². The Morgan fingerprint density at radius 3 is 3.00 bits per heavy atom. The number of nitrogens with two attached hydrogens (primary N) is 1. The Labute approximate surface area is 110 Å². The number of aromatic nitrogens is 2. The molecule has 1 heterocycles. The molecular weight excluding hydrogens is 244 g/mol. The minimum absolute atomic E-state index is 0.0728. The number of H-pyrrole nitrogens is 1. The van der Waals surface area contributed by atoms with Gasteiger partial charge in [-0.2, -0.15) is 0 Å². The topological polar surface area (TPSA) is 97.8 Å². The number of hydrogen-bond donors (Lipinski definition) is 2. The number of imidazole rings is 1. The number of nitrogens with one attached hydrogen (secondary N) is 1. The lowest BCUT2D eigenvalue weighted by Crippen LogP contribution is -2.05. The van der Waals surface area contributed by atoms with Crippen molar-refractivity contribution in [3.8, 4) is 11.3 Å². The minimum Gasteiger partial charge on any atom is -0.342 e. The molecule has 0 saturated heterocycles. The zero-order valence-corrected chi connectivity index (χ0v) is 10.7. The Balaban J connectivity index is 2.27. The molecule has 0 saturated carbocycles. The Morgan fingerprint density at radius 2 is 2.32 bits per heavy atom. The van der Waals surface area contributed by atoms with Crippen LogP contribution in [0.3, 0.4) is 0 Å². The van der Waals surface area contributed by atoms with Crippen molar-refractivity contribution in [1.82, 2.24) is 9.97 Å². The second-order valence-electron chi connectivity index (χ2n) is 4.47. The van der Waals surface area contributed by atoms with Crippen LogP contribution in [0.15, 0.2) is 30.5 Å². The molecule has 3 N–H and O–H groups in total. The molecule has 2 rings (SSSR count). The fraction of sp³-hybridized carbons (Fsp3) is 0.308. The summed E-state index contributed by atoms with van der Waals surface area (Å²) in [5.41, 5.74) is 7.13. The molecule has 19 heavy (non-hydrogen) atoms. The first-order chi connectivity index (χ1) is 9.11. The van der Waals surface area contributed by atoms with Crippen molar-refractivity contribution in [2.24, 2.45) is 5.73 Å². The number of non-ortho nitro benzene ring substituents is 1. The predicted octanol–water partition coefficient (Wildman–Crippen LogP) is 2.44. The third kappa shape index (κ3) is 2.97. The fourth-order valence-electron chi connectivity index (χ4n) is 1.91. The first-order valence-corrected chi connectivity index (χ1v) is 6.11. The molecule has 0 amide bonds. The normalized spacial score (nSPS) is 12.3. The summed E-state index contributed by atoms with van der Waals surface area (Å²) in [5.74, 6) is 1.10. The van der Waals surface area contributed by atoms with Gasteiger partial charge in [-0.05, 0) is 13.0 Å². The van der Waals surface area contributed by atoms with Crippen LogP contribution in [0, 0.1) is 10.1 Å². The number of rotatable bonds is 5. The van der Waals surface area contributed by atoms with Crippen LogP contribution in [0.1, 0.15) is 25.1 Å². The van der Waals surface area contributed by atoms with Crippen LogP contribution >= 0.6 is 0 Å². The molecule has 1 aromatic heterocycles. The Hall–Kier alpha value is -2.21. The molecule has 0 fully saturated rings. The average Bonchev–Trinajstić information content (AvgIpc) is 2.89. The predicted molar refractivity (Wildman–Crippen MR) is 72.8 cm³/mol.